The highest BCUT2D eigenvalue weighted by atomic mass is 32.2. The number of amides is 2. The first-order chi connectivity index (χ1) is 16.1. The van der Waals surface area contributed by atoms with Crippen molar-refractivity contribution in [3.8, 4) is 11.1 Å². The van der Waals surface area contributed by atoms with Crippen LogP contribution in [-0.4, -0.2) is 45.4 Å². The smallest absolute Gasteiger partial charge is 0.414 e. The molecule has 1 aliphatic heterocycles. The molecule has 182 valence electrons. The number of nitrogens with zero attached hydrogens (tertiary/aromatic N) is 2. The van der Waals surface area contributed by atoms with Crippen LogP contribution in [-0.2, 0) is 19.6 Å². The molecule has 4 rings (SSSR count). The minimum Gasteiger partial charge on any atom is -0.446 e. The van der Waals surface area contributed by atoms with Crippen molar-refractivity contribution in [2.24, 2.45) is 0 Å². The highest BCUT2D eigenvalue weighted by Gasteiger charge is 2.35. The maximum atomic E-state index is 13.2. The number of hydrogen-bond acceptors (Lipinski definition) is 5. The third-order valence-corrected chi connectivity index (χ3v) is 6.90. The van der Waals surface area contributed by atoms with E-state index in [1.165, 1.54) is 13.3 Å². The standard InChI is InChI=1S/C25H31N3O5S/c1-17-16-27(25(30)33-22-10-5-4-6-11-22)24-15-20(12-13-23(24)28(17)18(2)29)19-8-7-9-21(14-19)26-34(3,31)32/h7-9,12-15,17,22,26H,4-6,10-11,16H2,1-3H3. The Bertz CT molecular complexity index is 1190. The molecule has 1 heterocycles. The van der Waals surface area contributed by atoms with Gasteiger partial charge in [-0.05, 0) is 68.0 Å². The van der Waals surface area contributed by atoms with Gasteiger partial charge in [-0.15, -0.1) is 0 Å². The molecule has 1 saturated carbocycles. The predicted octanol–water partition coefficient (Wildman–Crippen LogP) is 4.76. The number of rotatable bonds is 4. The van der Waals surface area contributed by atoms with Gasteiger partial charge in [0.05, 0.1) is 23.7 Å². The van der Waals surface area contributed by atoms with Crippen molar-refractivity contribution in [2.45, 2.75) is 58.1 Å². The van der Waals surface area contributed by atoms with E-state index in [0.29, 0.717) is 23.6 Å². The number of ether oxygens (including phenoxy) is 1. The number of benzene rings is 2. The van der Waals surface area contributed by atoms with Crippen LogP contribution >= 0.6 is 0 Å². The SMILES string of the molecule is CC(=O)N1c2ccc(-c3cccc(NS(C)(=O)=O)c3)cc2N(C(=O)OC2CCCCC2)CC1C. The van der Waals surface area contributed by atoms with E-state index in [4.69, 9.17) is 4.74 Å². The van der Waals surface area contributed by atoms with Crippen LogP contribution in [0.4, 0.5) is 21.9 Å². The van der Waals surface area contributed by atoms with Crippen LogP contribution in [0.1, 0.15) is 46.0 Å². The first kappa shape index (κ1) is 24.1. The molecule has 0 radical (unpaired) electrons. The molecule has 9 heteroatoms. The molecule has 0 saturated heterocycles. The van der Waals surface area contributed by atoms with Crippen LogP contribution in [0.5, 0.6) is 0 Å². The van der Waals surface area contributed by atoms with Crippen LogP contribution in [0.25, 0.3) is 11.1 Å². The molecule has 1 aliphatic carbocycles. The zero-order valence-corrected chi connectivity index (χ0v) is 20.6. The lowest BCUT2D eigenvalue weighted by Gasteiger charge is -2.41. The third kappa shape index (κ3) is 5.35. The zero-order valence-electron chi connectivity index (χ0n) is 19.8. The van der Waals surface area contributed by atoms with Gasteiger partial charge in [-0.3, -0.25) is 14.4 Å². The molecule has 1 unspecified atom stereocenters. The molecule has 0 aromatic heterocycles. The van der Waals surface area contributed by atoms with E-state index in [-0.39, 0.29) is 18.1 Å². The lowest BCUT2D eigenvalue weighted by atomic mass is 9.98. The van der Waals surface area contributed by atoms with Crippen LogP contribution in [0.2, 0.25) is 0 Å². The Balaban J connectivity index is 1.71. The first-order valence-corrected chi connectivity index (χ1v) is 13.5. The Labute approximate surface area is 200 Å². The summed E-state index contributed by atoms with van der Waals surface area (Å²) in [5.74, 6) is -0.0962. The van der Waals surface area contributed by atoms with E-state index < -0.39 is 16.1 Å². The average Bonchev–Trinajstić information content (AvgIpc) is 2.77. The number of fused-ring (bicyclic) bond motifs is 1. The molecular formula is C25H31N3O5S. The van der Waals surface area contributed by atoms with Crippen molar-refractivity contribution in [3.05, 3.63) is 42.5 Å². The molecule has 1 fully saturated rings. The van der Waals surface area contributed by atoms with Crippen molar-refractivity contribution < 1.29 is 22.7 Å². The summed E-state index contributed by atoms with van der Waals surface area (Å²) < 4.78 is 31.6. The van der Waals surface area contributed by atoms with Gasteiger partial charge in [0, 0.05) is 19.2 Å². The second-order valence-electron chi connectivity index (χ2n) is 9.15. The number of nitrogens with one attached hydrogen (secondary N) is 1. The molecule has 2 aromatic carbocycles. The third-order valence-electron chi connectivity index (χ3n) is 6.29. The first-order valence-electron chi connectivity index (χ1n) is 11.6. The van der Waals surface area contributed by atoms with E-state index in [1.807, 2.05) is 31.2 Å². The Morgan fingerprint density at radius 3 is 2.38 bits per heavy atom. The highest BCUT2D eigenvalue weighted by Crippen LogP contribution is 2.40. The quantitative estimate of drug-likeness (QED) is 0.674. The lowest BCUT2D eigenvalue weighted by Crippen LogP contribution is -2.52. The topological polar surface area (TPSA) is 96.0 Å². The Morgan fingerprint density at radius 1 is 1.00 bits per heavy atom. The summed E-state index contributed by atoms with van der Waals surface area (Å²) in [6.07, 6.45) is 5.67. The Kier molecular flexibility index (Phi) is 6.84. The Hall–Kier alpha value is -3.07. The number of carbonyl (C=O) groups is 2. The van der Waals surface area contributed by atoms with Crippen LogP contribution in [0, 0.1) is 0 Å². The molecule has 1 atom stereocenters. The van der Waals surface area contributed by atoms with Crippen LogP contribution in [0.15, 0.2) is 42.5 Å². The monoisotopic (exact) mass is 485 g/mol. The van der Waals surface area contributed by atoms with Gasteiger partial charge in [0.25, 0.3) is 0 Å². The molecule has 2 aliphatic rings. The summed E-state index contributed by atoms with van der Waals surface area (Å²) >= 11 is 0. The van der Waals surface area contributed by atoms with Gasteiger partial charge in [-0.1, -0.05) is 24.6 Å². The summed E-state index contributed by atoms with van der Waals surface area (Å²) in [7, 11) is -3.41. The number of sulfonamides is 1. The van der Waals surface area contributed by atoms with E-state index >= 15 is 0 Å². The van der Waals surface area contributed by atoms with Gasteiger partial charge >= 0.3 is 6.09 Å². The molecular weight excluding hydrogens is 454 g/mol. The average molecular weight is 486 g/mol. The van der Waals surface area contributed by atoms with Gasteiger partial charge in [-0.2, -0.15) is 0 Å². The highest BCUT2D eigenvalue weighted by molar-refractivity contribution is 7.92. The van der Waals surface area contributed by atoms with Gasteiger partial charge in [0.15, 0.2) is 0 Å². The van der Waals surface area contributed by atoms with Gasteiger partial charge < -0.3 is 9.64 Å². The number of anilines is 3. The van der Waals surface area contributed by atoms with Crippen LogP contribution in [0.3, 0.4) is 0 Å². The van der Waals surface area contributed by atoms with Crippen molar-refractivity contribution in [1.29, 1.82) is 0 Å². The maximum absolute atomic E-state index is 13.2. The second-order valence-corrected chi connectivity index (χ2v) is 10.9. The van der Waals surface area contributed by atoms with E-state index in [0.717, 1.165) is 43.1 Å². The Morgan fingerprint density at radius 2 is 1.71 bits per heavy atom. The molecule has 2 amide bonds. The number of hydrogen-bond donors (Lipinski definition) is 1. The van der Waals surface area contributed by atoms with Crippen LogP contribution < -0.4 is 14.5 Å². The van der Waals surface area contributed by atoms with E-state index in [9.17, 15) is 18.0 Å². The molecule has 1 N–H and O–H groups in total. The minimum atomic E-state index is -3.41. The predicted molar refractivity (Wildman–Crippen MR) is 134 cm³/mol. The lowest BCUT2D eigenvalue weighted by molar-refractivity contribution is -0.117. The summed E-state index contributed by atoms with van der Waals surface area (Å²) in [4.78, 5) is 29.0. The fourth-order valence-electron chi connectivity index (χ4n) is 4.82. The summed E-state index contributed by atoms with van der Waals surface area (Å²) in [6.45, 7) is 3.77. The minimum absolute atomic E-state index is 0.0761. The molecule has 34 heavy (non-hydrogen) atoms. The van der Waals surface area contributed by atoms with Crippen molar-refractivity contribution in [3.63, 3.8) is 0 Å². The van der Waals surface area contributed by atoms with Gasteiger partial charge in [0.2, 0.25) is 15.9 Å². The summed E-state index contributed by atoms with van der Waals surface area (Å²) in [5.41, 5.74) is 3.29. The maximum Gasteiger partial charge on any atom is 0.414 e. The molecule has 2 aromatic rings. The van der Waals surface area contributed by atoms with E-state index in [1.54, 1.807) is 28.0 Å². The number of carbonyl (C=O) groups excluding carboxylic acids is 2. The van der Waals surface area contributed by atoms with Crippen molar-refractivity contribution in [1.82, 2.24) is 0 Å². The van der Waals surface area contributed by atoms with Gasteiger partial charge in [-0.25, -0.2) is 13.2 Å². The van der Waals surface area contributed by atoms with Crippen molar-refractivity contribution >= 4 is 39.1 Å². The normalized spacial score (nSPS) is 18.9. The summed E-state index contributed by atoms with van der Waals surface area (Å²) in [6, 6.07) is 12.4. The van der Waals surface area contributed by atoms with Crippen molar-refractivity contribution in [2.75, 3.05) is 27.3 Å². The fraction of sp³-hybridized carbons (Fsp3) is 0.440. The molecule has 0 spiro atoms. The van der Waals surface area contributed by atoms with Gasteiger partial charge in [0.1, 0.15) is 6.10 Å². The molecule has 8 nitrogen and oxygen atoms in total. The fourth-order valence-corrected chi connectivity index (χ4v) is 5.38. The van der Waals surface area contributed by atoms with E-state index in [2.05, 4.69) is 4.72 Å². The summed E-state index contributed by atoms with van der Waals surface area (Å²) in [5, 5.41) is 0. The largest absolute Gasteiger partial charge is 0.446 e. The molecule has 0 bridgehead atoms. The second kappa shape index (κ2) is 9.66. The zero-order chi connectivity index (χ0) is 24.5.